The molecule has 2 aliphatic heterocycles. The van der Waals surface area contributed by atoms with E-state index in [0.29, 0.717) is 12.2 Å². The zero-order valence-corrected chi connectivity index (χ0v) is 5.91. The van der Waals surface area contributed by atoms with Crippen molar-refractivity contribution in [2.75, 3.05) is 6.54 Å². The molecule has 2 rings (SSSR count). The van der Waals surface area contributed by atoms with Gasteiger partial charge in [0, 0.05) is 6.54 Å². The number of amides is 3. The highest BCUT2D eigenvalue weighted by atomic mass is 16.2. The Labute approximate surface area is 63.9 Å². The molecule has 0 saturated carbocycles. The molecule has 1 radical (unpaired) electrons. The summed E-state index contributed by atoms with van der Waals surface area (Å²) in [6, 6.07) is -0.402. The van der Waals surface area contributed by atoms with Crippen LogP contribution in [0.1, 0.15) is 12.8 Å². The molecule has 0 aliphatic carbocycles. The standard InChI is InChI=1S/C7H7N2O2/c10-6-5-3-1-2-4-9(5)7(11)8-6/h3H,1-2,4H2. The molecule has 0 N–H and O–H groups in total. The van der Waals surface area contributed by atoms with Crippen molar-refractivity contribution in [3.05, 3.63) is 11.8 Å². The van der Waals surface area contributed by atoms with Crippen molar-refractivity contribution in [3.8, 4) is 0 Å². The molecule has 0 aromatic heterocycles. The average molecular weight is 151 g/mol. The summed E-state index contributed by atoms with van der Waals surface area (Å²) in [6.07, 6.45) is 3.58. The zero-order chi connectivity index (χ0) is 7.84. The van der Waals surface area contributed by atoms with Crippen molar-refractivity contribution >= 4 is 11.9 Å². The lowest BCUT2D eigenvalue weighted by Crippen LogP contribution is -2.27. The second-order valence-electron chi connectivity index (χ2n) is 2.58. The van der Waals surface area contributed by atoms with Crippen molar-refractivity contribution < 1.29 is 9.59 Å². The maximum absolute atomic E-state index is 10.9. The fraction of sp³-hybridized carbons (Fsp3) is 0.429. The molecular formula is C7H7N2O2. The molecule has 3 amide bonds. The number of nitrogens with zero attached hydrogens (tertiary/aromatic N) is 2. The van der Waals surface area contributed by atoms with Crippen molar-refractivity contribution in [1.82, 2.24) is 10.2 Å². The Bertz CT molecular complexity index is 257. The van der Waals surface area contributed by atoms with Gasteiger partial charge in [-0.05, 0) is 12.8 Å². The first-order valence-corrected chi connectivity index (χ1v) is 3.57. The first-order valence-electron chi connectivity index (χ1n) is 3.57. The highest BCUT2D eigenvalue weighted by molar-refractivity contribution is 6.11. The highest BCUT2D eigenvalue weighted by Crippen LogP contribution is 2.19. The molecule has 57 valence electrons. The van der Waals surface area contributed by atoms with Crippen LogP contribution in [-0.2, 0) is 4.79 Å². The van der Waals surface area contributed by atoms with E-state index in [-0.39, 0.29) is 5.91 Å². The molecule has 2 heterocycles. The summed E-state index contributed by atoms with van der Waals surface area (Å²) >= 11 is 0. The van der Waals surface area contributed by atoms with E-state index in [0.717, 1.165) is 12.8 Å². The Morgan fingerprint density at radius 1 is 1.45 bits per heavy atom. The summed E-state index contributed by atoms with van der Waals surface area (Å²) in [7, 11) is 0. The van der Waals surface area contributed by atoms with Crippen molar-refractivity contribution in [2.45, 2.75) is 12.8 Å². The number of fused-ring (bicyclic) bond motifs is 1. The van der Waals surface area contributed by atoms with Gasteiger partial charge in [-0.1, -0.05) is 6.08 Å². The lowest BCUT2D eigenvalue weighted by atomic mass is 10.2. The molecular weight excluding hydrogens is 144 g/mol. The molecule has 0 aromatic rings. The summed E-state index contributed by atoms with van der Waals surface area (Å²) in [6.45, 7) is 0.639. The fourth-order valence-corrected chi connectivity index (χ4v) is 1.32. The summed E-state index contributed by atoms with van der Waals surface area (Å²) in [5, 5.41) is 3.31. The average Bonchev–Trinajstić information content (AvgIpc) is 2.30. The fourth-order valence-electron chi connectivity index (χ4n) is 1.32. The molecule has 4 heteroatoms. The Hall–Kier alpha value is -1.32. The smallest absolute Gasteiger partial charge is 0.287 e. The highest BCUT2D eigenvalue weighted by Gasteiger charge is 2.35. The van der Waals surface area contributed by atoms with Crippen molar-refractivity contribution in [3.63, 3.8) is 0 Å². The Balaban J connectivity index is 2.36. The van der Waals surface area contributed by atoms with Crippen molar-refractivity contribution in [2.24, 2.45) is 0 Å². The third kappa shape index (κ3) is 0.824. The number of imide groups is 1. The molecule has 1 fully saturated rings. The van der Waals surface area contributed by atoms with E-state index < -0.39 is 6.03 Å². The monoisotopic (exact) mass is 151 g/mol. The second kappa shape index (κ2) is 2.08. The molecule has 1 saturated heterocycles. The Morgan fingerprint density at radius 3 is 3.00 bits per heavy atom. The van der Waals surface area contributed by atoms with Crippen LogP contribution in [0.25, 0.3) is 0 Å². The minimum atomic E-state index is -0.402. The molecule has 0 unspecified atom stereocenters. The first kappa shape index (κ1) is 6.39. The third-order valence-electron chi connectivity index (χ3n) is 1.86. The molecule has 4 nitrogen and oxygen atoms in total. The van der Waals surface area contributed by atoms with Gasteiger partial charge in [0.25, 0.3) is 5.91 Å². The van der Waals surface area contributed by atoms with Gasteiger partial charge in [-0.3, -0.25) is 9.69 Å². The van der Waals surface area contributed by atoms with Crippen LogP contribution in [-0.4, -0.2) is 23.4 Å². The maximum atomic E-state index is 10.9. The van der Waals surface area contributed by atoms with Gasteiger partial charge in [-0.25, -0.2) is 4.79 Å². The van der Waals surface area contributed by atoms with Crippen LogP contribution in [0.3, 0.4) is 0 Å². The van der Waals surface area contributed by atoms with E-state index in [1.807, 2.05) is 0 Å². The largest absolute Gasteiger partial charge is 0.351 e. The molecule has 11 heavy (non-hydrogen) atoms. The van der Waals surface area contributed by atoms with Gasteiger partial charge < -0.3 is 0 Å². The number of hydrogen-bond acceptors (Lipinski definition) is 2. The van der Waals surface area contributed by atoms with Gasteiger partial charge in [0.15, 0.2) is 0 Å². The third-order valence-corrected chi connectivity index (χ3v) is 1.86. The minimum Gasteiger partial charge on any atom is -0.287 e. The van der Waals surface area contributed by atoms with Crippen LogP contribution in [0.15, 0.2) is 11.8 Å². The van der Waals surface area contributed by atoms with Crippen LogP contribution in [0, 0.1) is 0 Å². The topological polar surface area (TPSA) is 51.5 Å². The normalized spacial score (nSPS) is 22.9. The SMILES string of the molecule is O=C1[N]C(=O)N2CCCC=C12. The van der Waals surface area contributed by atoms with Crippen LogP contribution in [0.4, 0.5) is 4.79 Å². The molecule has 0 spiro atoms. The van der Waals surface area contributed by atoms with E-state index >= 15 is 0 Å². The van der Waals surface area contributed by atoms with Gasteiger partial charge in [0.1, 0.15) is 5.70 Å². The number of carbonyl (C=O) groups excluding carboxylic acids is 2. The quantitative estimate of drug-likeness (QED) is 0.465. The van der Waals surface area contributed by atoms with E-state index in [1.54, 1.807) is 6.08 Å². The molecule has 2 aliphatic rings. The Kier molecular flexibility index (Phi) is 1.21. The summed E-state index contributed by atoms with van der Waals surface area (Å²) < 4.78 is 0. The Morgan fingerprint density at radius 2 is 2.27 bits per heavy atom. The lowest BCUT2D eigenvalue weighted by Gasteiger charge is -2.17. The van der Waals surface area contributed by atoms with Crippen molar-refractivity contribution in [1.29, 1.82) is 0 Å². The summed E-state index contributed by atoms with van der Waals surface area (Å²) in [5.74, 6) is -0.380. The van der Waals surface area contributed by atoms with Crippen LogP contribution < -0.4 is 5.32 Å². The number of hydrogen-bond donors (Lipinski definition) is 0. The maximum Gasteiger partial charge on any atom is 0.351 e. The minimum absolute atomic E-state index is 0.380. The molecule has 0 atom stereocenters. The molecule has 0 aromatic carbocycles. The van der Waals surface area contributed by atoms with Crippen LogP contribution >= 0.6 is 0 Å². The lowest BCUT2D eigenvalue weighted by molar-refractivity contribution is -0.116. The summed E-state index contributed by atoms with van der Waals surface area (Å²) in [5.41, 5.74) is 0.473. The number of rotatable bonds is 0. The summed E-state index contributed by atoms with van der Waals surface area (Å²) in [4.78, 5) is 23.3. The van der Waals surface area contributed by atoms with Gasteiger partial charge in [0.05, 0.1) is 0 Å². The predicted octanol–water partition coefficient (Wildman–Crippen LogP) is 0.231. The van der Waals surface area contributed by atoms with E-state index in [4.69, 9.17) is 0 Å². The van der Waals surface area contributed by atoms with E-state index in [9.17, 15) is 9.59 Å². The van der Waals surface area contributed by atoms with Gasteiger partial charge in [-0.2, -0.15) is 5.32 Å². The number of carbonyl (C=O) groups is 2. The molecule has 0 bridgehead atoms. The second-order valence-corrected chi connectivity index (χ2v) is 2.58. The van der Waals surface area contributed by atoms with Gasteiger partial charge in [0.2, 0.25) is 0 Å². The number of allylic oxidation sites excluding steroid dienone is 1. The van der Waals surface area contributed by atoms with Crippen LogP contribution in [0.5, 0.6) is 0 Å². The predicted molar refractivity (Wildman–Crippen MR) is 36.6 cm³/mol. The van der Waals surface area contributed by atoms with E-state index in [2.05, 4.69) is 5.32 Å². The van der Waals surface area contributed by atoms with Gasteiger partial charge >= 0.3 is 6.03 Å². The van der Waals surface area contributed by atoms with Crippen LogP contribution in [0.2, 0.25) is 0 Å². The van der Waals surface area contributed by atoms with Gasteiger partial charge in [-0.15, -0.1) is 0 Å². The van der Waals surface area contributed by atoms with E-state index in [1.165, 1.54) is 4.90 Å². The first-order chi connectivity index (χ1) is 5.29. The zero-order valence-electron chi connectivity index (χ0n) is 5.91. The number of urea groups is 1.